The Balaban J connectivity index is 1.88. The van der Waals surface area contributed by atoms with Crippen LogP contribution in [0.4, 0.5) is 4.79 Å². The second-order valence-electron chi connectivity index (χ2n) is 5.01. The van der Waals surface area contributed by atoms with Gasteiger partial charge in [-0.15, -0.1) is 0 Å². The third-order valence-corrected chi connectivity index (χ3v) is 4.24. The Labute approximate surface area is 129 Å². The van der Waals surface area contributed by atoms with Gasteiger partial charge in [0.1, 0.15) is 5.76 Å². The monoisotopic (exact) mass is 322 g/mol. The fourth-order valence-electron chi connectivity index (χ4n) is 1.88. The zero-order chi connectivity index (χ0) is 16.2. The van der Waals surface area contributed by atoms with E-state index in [9.17, 15) is 13.2 Å². The van der Waals surface area contributed by atoms with Gasteiger partial charge in [-0.1, -0.05) is 12.1 Å². The topological polar surface area (TPSA) is 79.6 Å². The SMILES string of the molecule is CN(Cc1ccco1)C(=O)NCc1ccc(S(C)(=O)=O)cc1. The molecule has 0 spiro atoms. The predicted octanol–water partition coefficient (Wildman–Crippen LogP) is 2.02. The standard InChI is InChI=1S/C15H18N2O4S/c1-17(11-13-4-3-9-21-13)15(18)16-10-12-5-7-14(8-6-12)22(2,19)20/h3-9H,10-11H2,1-2H3,(H,16,18). The van der Waals surface area contributed by atoms with E-state index in [0.29, 0.717) is 18.8 Å². The van der Waals surface area contributed by atoms with Crippen molar-refractivity contribution in [2.45, 2.75) is 18.0 Å². The molecule has 7 heteroatoms. The highest BCUT2D eigenvalue weighted by atomic mass is 32.2. The minimum absolute atomic E-state index is 0.233. The quantitative estimate of drug-likeness (QED) is 0.913. The zero-order valence-electron chi connectivity index (χ0n) is 12.4. The van der Waals surface area contributed by atoms with E-state index >= 15 is 0 Å². The van der Waals surface area contributed by atoms with Gasteiger partial charge >= 0.3 is 6.03 Å². The number of amides is 2. The van der Waals surface area contributed by atoms with Gasteiger partial charge in [0, 0.05) is 19.8 Å². The lowest BCUT2D eigenvalue weighted by molar-refractivity contribution is 0.202. The molecule has 0 bridgehead atoms. The van der Waals surface area contributed by atoms with Gasteiger partial charge in [-0.2, -0.15) is 0 Å². The van der Waals surface area contributed by atoms with Gasteiger partial charge in [-0.3, -0.25) is 0 Å². The summed E-state index contributed by atoms with van der Waals surface area (Å²) in [7, 11) is -1.53. The van der Waals surface area contributed by atoms with Crippen LogP contribution in [-0.4, -0.2) is 32.7 Å². The third kappa shape index (κ3) is 4.36. The Morgan fingerprint density at radius 2 is 1.91 bits per heavy atom. The Kier molecular flexibility index (Phi) is 4.87. The number of nitrogens with one attached hydrogen (secondary N) is 1. The molecule has 6 nitrogen and oxygen atoms in total. The van der Waals surface area contributed by atoms with E-state index < -0.39 is 9.84 Å². The molecule has 2 aromatic rings. The van der Waals surface area contributed by atoms with Crippen LogP contribution in [0.3, 0.4) is 0 Å². The number of carbonyl (C=O) groups excluding carboxylic acids is 1. The van der Waals surface area contributed by atoms with Gasteiger partial charge < -0.3 is 14.6 Å². The van der Waals surface area contributed by atoms with Crippen LogP contribution in [0.25, 0.3) is 0 Å². The van der Waals surface area contributed by atoms with Crippen molar-refractivity contribution in [3.63, 3.8) is 0 Å². The lowest BCUT2D eigenvalue weighted by atomic mass is 10.2. The van der Waals surface area contributed by atoms with Gasteiger partial charge in [0.2, 0.25) is 0 Å². The normalized spacial score (nSPS) is 11.2. The molecule has 2 rings (SSSR count). The molecule has 0 aliphatic heterocycles. The van der Waals surface area contributed by atoms with Crippen molar-refractivity contribution < 1.29 is 17.6 Å². The van der Waals surface area contributed by atoms with Gasteiger partial charge in [0.05, 0.1) is 17.7 Å². The Morgan fingerprint density at radius 3 is 2.45 bits per heavy atom. The van der Waals surface area contributed by atoms with Crippen molar-refractivity contribution in [1.29, 1.82) is 0 Å². The lowest BCUT2D eigenvalue weighted by Gasteiger charge is -2.16. The van der Waals surface area contributed by atoms with E-state index in [4.69, 9.17) is 4.42 Å². The molecule has 0 saturated heterocycles. The number of hydrogen-bond acceptors (Lipinski definition) is 4. The Hall–Kier alpha value is -2.28. The molecule has 0 aliphatic carbocycles. The van der Waals surface area contributed by atoms with Crippen LogP contribution in [0.15, 0.2) is 52.0 Å². The van der Waals surface area contributed by atoms with E-state index in [1.165, 1.54) is 17.0 Å². The van der Waals surface area contributed by atoms with E-state index in [-0.39, 0.29) is 10.9 Å². The lowest BCUT2D eigenvalue weighted by Crippen LogP contribution is -2.36. The molecule has 118 valence electrons. The molecule has 0 radical (unpaired) electrons. The number of hydrogen-bond donors (Lipinski definition) is 1. The third-order valence-electron chi connectivity index (χ3n) is 3.12. The number of carbonyl (C=O) groups is 1. The molecule has 1 aromatic heterocycles. The molecule has 1 aromatic carbocycles. The van der Waals surface area contributed by atoms with Gasteiger partial charge in [-0.25, -0.2) is 13.2 Å². The summed E-state index contributed by atoms with van der Waals surface area (Å²) in [4.78, 5) is 13.7. The van der Waals surface area contributed by atoms with E-state index in [2.05, 4.69) is 5.32 Å². The molecule has 1 heterocycles. The molecule has 0 fully saturated rings. The van der Waals surface area contributed by atoms with Gasteiger partial charge in [0.15, 0.2) is 9.84 Å². The van der Waals surface area contributed by atoms with Crippen molar-refractivity contribution in [3.05, 3.63) is 54.0 Å². The van der Waals surface area contributed by atoms with Crippen molar-refractivity contribution in [1.82, 2.24) is 10.2 Å². The van der Waals surface area contributed by atoms with Crippen molar-refractivity contribution in [2.24, 2.45) is 0 Å². The first-order valence-corrected chi connectivity index (χ1v) is 8.56. The maximum atomic E-state index is 11.9. The van der Waals surface area contributed by atoms with Crippen molar-refractivity contribution >= 4 is 15.9 Å². The summed E-state index contributed by atoms with van der Waals surface area (Å²) in [6.07, 6.45) is 2.72. The minimum atomic E-state index is -3.20. The molecule has 1 N–H and O–H groups in total. The summed E-state index contributed by atoms with van der Waals surface area (Å²) in [6.45, 7) is 0.706. The minimum Gasteiger partial charge on any atom is -0.467 e. The predicted molar refractivity (Wildman–Crippen MR) is 82.0 cm³/mol. The average molecular weight is 322 g/mol. The summed E-state index contributed by atoms with van der Waals surface area (Å²) < 4.78 is 27.9. The summed E-state index contributed by atoms with van der Waals surface area (Å²) >= 11 is 0. The summed E-state index contributed by atoms with van der Waals surface area (Å²) in [5.41, 5.74) is 0.826. The summed E-state index contributed by atoms with van der Waals surface area (Å²) in [5, 5.41) is 2.77. The summed E-state index contributed by atoms with van der Waals surface area (Å²) in [6, 6.07) is 9.76. The molecule has 0 saturated carbocycles. The highest BCUT2D eigenvalue weighted by molar-refractivity contribution is 7.90. The number of rotatable bonds is 5. The smallest absolute Gasteiger partial charge is 0.317 e. The molecular weight excluding hydrogens is 304 g/mol. The number of benzene rings is 1. The Bertz CT molecular complexity index is 721. The fourth-order valence-corrected chi connectivity index (χ4v) is 2.51. The maximum absolute atomic E-state index is 11.9. The number of urea groups is 1. The molecule has 0 aliphatic rings. The highest BCUT2D eigenvalue weighted by Gasteiger charge is 2.10. The van der Waals surface area contributed by atoms with Crippen LogP contribution in [0.2, 0.25) is 0 Å². The summed E-state index contributed by atoms with van der Waals surface area (Å²) in [5.74, 6) is 0.704. The first-order chi connectivity index (χ1) is 10.4. The van der Waals surface area contributed by atoms with Crippen LogP contribution < -0.4 is 5.32 Å². The largest absolute Gasteiger partial charge is 0.467 e. The number of nitrogens with zero attached hydrogens (tertiary/aromatic N) is 1. The van der Waals surface area contributed by atoms with Gasteiger partial charge in [-0.05, 0) is 29.8 Å². The van der Waals surface area contributed by atoms with Crippen LogP contribution in [0.1, 0.15) is 11.3 Å². The van der Waals surface area contributed by atoms with Crippen molar-refractivity contribution in [2.75, 3.05) is 13.3 Å². The second kappa shape index (κ2) is 6.65. The molecule has 2 amide bonds. The van der Waals surface area contributed by atoms with E-state index in [0.717, 1.165) is 11.8 Å². The van der Waals surface area contributed by atoms with E-state index in [1.807, 2.05) is 0 Å². The molecule has 0 unspecified atom stereocenters. The first kappa shape index (κ1) is 16.1. The van der Waals surface area contributed by atoms with Crippen LogP contribution in [-0.2, 0) is 22.9 Å². The number of sulfone groups is 1. The van der Waals surface area contributed by atoms with Crippen LogP contribution in [0.5, 0.6) is 0 Å². The van der Waals surface area contributed by atoms with E-state index in [1.54, 1.807) is 37.6 Å². The van der Waals surface area contributed by atoms with Crippen LogP contribution in [0, 0.1) is 0 Å². The molecule has 0 atom stereocenters. The second-order valence-corrected chi connectivity index (χ2v) is 7.03. The fraction of sp³-hybridized carbons (Fsp3) is 0.267. The van der Waals surface area contributed by atoms with Crippen molar-refractivity contribution in [3.8, 4) is 0 Å². The zero-order valence-corrected chi connectivity index (χ0v) is 13.3. The maximum Gasteiger partial charge on any atom is 0.317 e. The highest BCUT2D eigenvalue weighted by Crippen LogP contribution is 2.10. The van der Waals surface area contributed by atoms with Crippen LogP contribution >= 0.6 is 0 Å². The number of furan rings is 1. The Morgan fingerprint density at radius 1 is 1.23 bits per heavy atom. The molecule has 22 heavy (non-hydrogen) atoms. The van der Waals surface area contributed by atoms with Gasteiger partial charge in [0.25, 0.3) is 0 Å². The first-order valence-electron chi connectivity index (χ1n) is 6.66. The molecular formula is C15H18N2O4S. The average Bonchev–Trinajstić information content (AvgIpc) is 2.97.